The SMILES string of the molecule is Cc1nc(COc2ccc(/C=C(\C#N)C(=O)Nc3ccccc3F)cc2)cs1. The Hall–Kier alpha value is -3.50. The van der Waals surface area contributed by atoms with Gasteiger partial charge in [-0.1, -0.05) is 24.3 Å². The number of carbonyl (C=O) groups is 1. The third-order valence-corrected chi connectivity index (χ3v) is 4.55. The zero-order valence-corrected chi connectivity index (χ0v) is 15.8. The molecule has 0 saturated heterocycles. The first-order valence-electron chi connectivity index (χ1n) is 8.36. The predicted molar refractivity (Wildman–Crippen MR) is 106 cm³/mol. The molecule has 0 bridgehead atoms. The van der Waals surface area contributed by atoms with Gasteiger partial charge in [0.15, 0.2) is 0 Å². The first kappa shape index (κ1) is 19.3. The number of rotatable bonds is 6. The second-order valence-corrected chi connectivity index (χ2v) is 6.88. The molecule has 0 fully saturated rings. The molecule has 5 nitrogen and oxygen atoms in total. The van der Waals surface area contributed by atoms with Gasteiger partial charge < -0.3 is 10.1 Å². The van der Waals surface area contributed by atoms with Crippen LogP contribution in [0.5, 0.6) is 5.75 Å². The summed E-state index contributed by atoms with van der Waals surface area (Å²) in [5.74, 6) is -0.589. The number of nitriles is 1. The summed E-state index contributed by atoms with van der Waals surface area (Å²) in [7, 11) is 0. The fourth-order valence-corrected chi connectivity index (χ4v) is 2.96. The summed E-state index contributed by atoms with van der Waals surface area (Å²) in [6.07, 6.45) is 1.43. The van der Waals surface area contributed by atoms with Crippen molar-refractivity contribution in [1.29, 1.82) is 5.26 Å². The zero-order valence-electron chi connectivity index (χ0n) is 15.0. The molecule has 0 aliphatic rings. The summed E-state index contributed by atoms with van der Waals surface area (Å²) in [5.41, 5.74) is 1.41. The minimum Gasteiger partial charge on any atom is -0.487 e. The number of para-hydroxylation sites is 1. The lowest BCUT2D eigenvalue weighted by Crippen LogP contribution is -2.14. The maximum atomic E-state index is 13.7. The topological polar surface area (TPSA) is 75.0 Å². The Morgan fingerprint density at radius 3 is 2.68 bits per heavy atom. The normalized spacial score (nSPS) is 11.0. The molecule has 0 aliphatic heterocycles. The maximum absolute atomic E-state index is 13.7. The van der Waals surface area contributed by atoms with E-state index in [1.807, 2.05) is 18.4 Å². The van der Waals surface area contributed by atoms with Crippen molar-refractivity contribution >= 4 is 29.0 Å². The van der Waals surface area contributed by atoms with Crippen LogP contribution in [0.3, 0.4) is 0 Å². The minimum atomic E-state index is -0.674. The molecular formula is C21H16FN3O2S. The van der Waals surface area contributed by atoms with E-state index in [-0.39, 0.29) is 11.3 Å². The van der Waals surface area contributed by atoms with Crippen molar-refractivity contribution in [3.05, 3.63) is 81.6 Å². The van der Waals surface area contributed by atoms with Crippen LogP contribution in [0.15, 0.2) is 59.5 Å². The van der Waals surface area contributed by atoms with E-state index in [1.165, 1.54) is 24.3 Å². The number of anilines is 1. The standard InChI is InChI=1S/C21H16FN3O2S/c1-14-24-17(13-28-14)12-27-18-8-6-15(7-9-18)10-16(11-23)21(26)25-20-5-3-2-4-19(20)22/h2-10,13H,12H2,1H3,(H,25,26)/b16-10+. The van der Waals surface area contributed by atoms with Crippen molar-refractivity contribution in [2.75, 3.05) is 5.32 Å². The largest absolute Gasteiger partial charge is 0.487 e. The van der Waals surface area contributed by atoms with Crippen molar-refractivity contribution in [1.82, 2.24) is 4.98 Å². The van der Waals surface area contributed by atoms with Gasteiger partial charge in [0, 0.05) is 5.38 Å². The molecule has 3 rings (SSSR count). The third-order valence-electron chi connectivity index (χ3n) is 3.73. The number of benzene rings is 2. The highest BCUT2D eigenvalue weighted by Crippen LogP contribution is 2.18. The average Bonchev–Trinajstić information content (AvgIpc) is 3.12. The van der Waals surface area contributed by atoms with E-state index in [0.29, 0.717) is 17.9 Å². The summed E-state index contributed by atoms with van der Waals surface area (Å²) in [6, 6.07) is 14.6. The lowest BCUT2D eigenvalue weighted by molar-refractivity contribution is -0.112. The van der Waals surface area contributed by atoms with E-state index < -0.39 is 11.7 Å². The summed E-state index contributed by atoms with van der Waals surface area (Å²) in [6.45, 7) is 2.30. The first-order chi connectivity index (χ1) is 13.5. The van der Waals surface area contributed by atoms with E-state index in [0.717, 1.165) is 10.7 Å². The molecule has 1 heterocycles. The molecule has 0 radical (unpaired) electrons. The fraction of sp³-hybridized carbons (Fsp3) is 0.0952. The monoisotopic (exact) mass is 393 g/mol. The minimum absolute atomic E-state index is 0.0228. The van der Waals surface area contributed by atoms with Gasteiger partial charge >= 0.3 is 0 Å². The summed E-state index contributed by atoms with van der Waals surface area (Å²) < 4.78 is 19.3. The van der Waals surface area contributed by atoms with Gasteiger partial charge in [-0.2, -0.15) is 5.26 Å². The number of aryl methyl sites for hydroxylation is 1. The van der Waals surface area contributed by atoms with Crippen LogP contribution in [0, 0.1) is 24.1 Å². The van der Waals surface area contributed by atoms with Crippen LogP contribution < -0.4 is 10.1 Å². The number of hydrogen-bond acceptors (Lipinski definition) is 5. The molecule has 0 spiro atoms. The van der Waals surface area contributed by atoms with Crippen LogP contribution in [0.25, 0.3) is 6.08 Å². The highest BCUT2D eigenvalue weighted by atomic mass is 32.1. The summed E-state index contributed by atoms with van der Waals surface area (Å²) >= 11 is 1.56. The van der Waals surface area contributed by atoms with E-state index >= 15 is 0 Å². The highest BCUT2D eigenvalue weighted by molar-refractivity contribution is 7.09. The molecule has 7 heteroatoms. The van der Waals surface area contributed by atoms with Gasteiger partial charge in [-0.15, -0.1) is 11.3 Å². The Balaban J connectivity index is 1.66. The molecule has 28 heavy (non-hydrogen) atoms. The van der Waals surface area contributed by atoms with Gasteiger partial charge in [0.1, 0.15) is 29.8 Å². The highest BCUT2D eigenvalue weighted by Gasteiger charge is 2.11. The fourth-order valence-electron chi connectivity index (χ4n) is 2.36. The smallest absolute Gasteiger partial charge is 0.266 e. The van der Waals surface area contributed by atoms with E-state index in [1.54, 1.807) is 41.7 Å². The van der Waals surface area contributed by atoms with Gasteiger partial charge in [0.2, 0.25) is 0 Å². The second-order valence-electron chi connectivity index (χ2n) is 5.82. The predicted octanol–water partition coefficient (Wildman–Crippen LogP) is 4.72. The molecule has 0 atom stereocenters. The molecule has 0 saturated carbocycles. The Morgan fingerprint density at radius 1 is 1.29 bits per heavy atom. The maximum Gasteiger partial charge on any atom is 0.266 e. The Morgan fingerprint density at radius 2 is 2.04 bits per heavy atom. The van der Waals surface area contributed by atoms with Crippen molar-refractivity contribution in [2.24, 2.45) is 0 Å². The first-order valence-corrected chi connectivity index (χ1v) is 9.24. The number of hydrogen-bond donors (Lipinski definition) is 1. The third kappa shape index (κ3) is 5.02. The molecule has 3 aromatic rings. The number of carbonyl (C=O) groups excluding carboxylic acids is 1. The van der Waals surface area contributed by atoms with Gasteiger partial charge in [0.05, 0.1) is 16.4 Å². The van der Waals surface area contributed by atoms with Crippen molar-refractivity contribution in [3.63, 3.8) is 0 Å². The van der Waals surface area contributed by atoms with Crippen LogP contribution >= 0.6 is 11.3 Å². The molecule has 2 aromatic carbocycles. The molecule has 1 aromatic heterocycles. The quantitative estimate of drug-likeness (QED) is 0.486. The van der Waals surface area contributed by atoms with Crippen molar-refractivity contribution in [2.45, 2.75) is 13.5 Å². The molecule has 140 valence electrons. The number of aromatic nitrogens is 1. The number of halogens is 1. The summed E-state index contributed by atoms with van der Waals surface area (Å²) in [4.78, 5) is 16.6. The number of nitrogens with one attached hydrogen (secondary N) is 1. The number of ether oxygens (including phenoxy) is 1. The molecule has 0 aliphatic carbocycles. The van der Waals surface area contributed by atoms with Gasteiger partial charge in [-0.3, -0.25) is 4.79 Å². The molecule has 1 N–H and O–H groups in total. The Labute approximate surface area is 165 Å². The van der Waals surface area contributed by atoms with Gasteiger partial charge in [-0.05, 0) is 42.8 Å². The molecular weight excluding hydrogens is 377 g/mol. The van der Waals surface area contributed by atoms with E-state index in [2.05, 4.69) is 10.3 Å². The van der Waals surface area contributed by atoms with Gasteiger partial charge in [-0.25, -0.2) is 9.37 Å². The van der Waals surface area contributed by atoms with Crippen LogP contribution in [0.1, 0.15) is 16.3 Å². The molecule has 1 amide bonds. The van der Waals surface area contributed by atoms with E-state index in [9.17, 15) is 14.4 Å². The number of nitrogens with zero attached hydrogens (tertiary/aromatic N) is 2. The second kappa shape index (κ2) is 8.93. The lowest BCUT2D eigenvalue weighted by atomic mass is 10.1. The van der Waals surface area contributed by atoms with Gasteiger partial charge in [0.25, 0.3) is 5.91 Å². The molecule has 0 unspecified atom stereocenters. The van der Waals surface area contributed by atoms with Crippen molar-refractivity contribution in [3.8, 4) is 11.8 Å². The van der Waals surface area contributed by atoms with Crippen LogP contribution in [0.2, 0.25) is 0 Å². The number of thiazole rings is 1. The Bertz CT molecular complexity index is 1050. The zero-order chi connectivity index (χ0) is 19.9. The van der Waals surface area contributed by atoms with E-state index in [4.69, 9.17) is 4.74 Å². The van der Waals surface area contributed by atoms with Crippen LogP contribution in [-0.2, 0) is 11.4 Å². The number of amides is 1. The van der Waals surface area contributed by atoms with Crippen LogP contribution in [0.4, 0.5) is 10.1 Å². The summed E-state index contributed by atoms with van der Waals surface area (Å²) in [5, 5.41) is 14.6. The van der Waals surface area contributed by atoms with Crippen molar-refractivity contribution < 1.29 is 13.9 Å². The van der Waals surface area contributed by atoms with Crippen LogP contribution in [-0.4, -0.2) is 10.9 Å². The Kier molecular flexibility index (Phi) is 6.14. The lowest BCUT2D eigenvalue weighted by Gasteiger charge is -2.06. The average molecular weight is 393 g/mol.